The fourth-order valence-corrected chi connectivity index (χ4v) is 14.9. The summed E-state index contributed by atoms with van der Waals surface area (Å²) >= 11 is 13.9. The van der Waals surface area contributed by atoms with Crippen molar-refractivity contribution in [3.63, 3.8) is 0 Å². The summed E-state index contributed by atoms with van der Waals surface area (Å²) in [6.07, 6.45) is 0. The molecule has 7 rings (SSSR count). The number of hydrogen-bond acceptors (Lipinski definition) is 2. The van der Waals surface area contributed by atoms with Gasteiger partial charge in [-0.15, -0.1) is 0 Å². The lowest BCUT2D eigenvalue weighted by atomic mass is 10.0. The Kier molecular flexibility index (Phi) is 7.27. The highest BCUT2D eigenvalue weighted by molar-refractivity contribution is 8.26. The maximum atomic E-state index is 6.97. The second-order valence-electron chi connectivity index (χ2n) is 10.3. The lowest BCUT2D eigenvalue weighted by Gasteiger charge is -2.32. The molecule has 0 aliphatic heterocycles. The van der Waals surface area contributed by atoms with E-state index in [-0.39, 0.29) is 0 Å². The molecule has 0 bridgehead atoms. The van der Waals surface area contributed by atoms with E-state index in [2.05, 4.69) is 170 Å². The van der Waals surface area contributed by atoms with Gasteiger partial charge in [0, 0.05) is 22.7 Å². The van der Waals surface area contributed by atoms with Gasteiger partial charge in [-0.1, -0.05) is 193 Å². The highest BCUT2D eigenvalue weighted by Gasteiger charge is 2.34. The first kappa shape index (κ1) is 27.2. The molecule has 0 atom stereocenters. The van der Waals surface area contributed by atoms with Crippen molar-refractivity contribution in [1.82, 2.24) is 0 Å². The minimum absolute atomic E-state index is 1.19. The zero-order chi connectivity index (χ0) is 28.6. The molecule has 0 fully saturated rings. The van der Waals surface area contributed by atoms with E-state index in [1.165, 1.54) is 53.4 Å². The molecule has 0 saturated heterocycles. The summed E-state index contributed by atoms with van der Waals surface area (Å²) < 4.78 is 0. The first-order valence-electron chi connectivity index (χ1n) is 14.0. The second kappa shape index (κ2) is 11.2. The third kappa shape index (κ3) is 4.34. The standard InChI is InChI=1S/C38H28P2S2/c41-39(29-17-5-1-6-18-29,30-19-7-2-8-20-30)37-33-25-13-15-27-35(33)38(36-28-16-14-26-34(36)37)40(42,31-21-9-3-10-22-31)32-23-11-4-12-24-32/h1-28H. The monoisotopic (exact) mass is 610 g/mol. The summed E-state index contributed by atoms with van der Waals surface area (Å²) in [4.78, 5) is 0. The number of benzene rings is 7. The summed E-state index contributed by atoms with van der Waals surface area (Å²) in [5.74, 6) is 0. The van der Waals surface area contributed by atoms with Crippen LogP contribution in [0.15, 0.2) is 170 Å². The molecular formula is C38H28P2S2. The van der Waals surface area contributed by atoms with Crippen LogP contribution in [0.25, 0.3) is 21.5 Å². The first-order valence-corrected chi connectivity index (χ1v) is 19.6. The third-order valence-corrected chi connectivity index (χ3v) is 17.9. The van der Waals surface area contributed by atoms with Crippen molar-refractivity contribution < 1.29 is 0 Å². The van der Waals surface area contributed by atoms with Crippen LogP contribution >= 0.6 is 12.1 Å². The largest absolute Gasteiger partial charge is 0.0826 e. The van der Waals surface area contributed by atoms with Crippen LogP contribution in [0, 0.1) is 0 Å². The normalized spacial score (nSPS) is 12.0. The van der Waals surface area contributed by atoms with Crippen molar-refractivity contribution in [2.45, 2.75) is 0 Å². The van der Waals surface area contributed by atoms with Gasteiger partial charge in [0.05, 0.1) is 0 Å². The molecule has 0 spiro atoms. The van der Waals surface area contributed by atoms with Gasteiger partial charge in [-0.3, -0.25) is 0 Å². The van der Waals surface area contributed by atoms with E-state index in [0.29, 0.717) is 0 Å². The van der Waals surface area contributed by atoms with Gasteiger partial charge in [-0.05, 0) is 42.8 Å². The Balaban J connectivity index is 1.70. The van der Waals surface area contributed by atoms with Gasteiger partial charge in [-0.2, -0.15) is 0 Å². The molecule has 4 heteroatoms. The topological polar surface area (TPSA) is 0 Å². The summed E-state index contributed by atoms with van der Waals surface area (Å²) in [7, 11) is 0. The molecule has 7 aromatic rings. The van der Waals surface area contributed by atoms with Crippen LogP contribution in [0.2, 0.25) is 0 Å². The smallest absolute Gasteiger partial charge is 0.0391 e. The summed E-state index contributed by atoms with van der Waals surface area (Å²) in [6, 6.07) is 55.6. The molecule has 0 radical (unpaired) electrons. The Bertz CT molecular complexity index is 1830. The SMILES string of the molecule is S=P(c1ccccc1)(c1ccccc1)c1c2ccccc2c(P(=S)(c2ccccc2)c2ccccc2)c2ccccc12. The molecule has 0 N–H and O–H groups in total. The molecule has 0 saturated carbocycles. The Morgan fingerprint density at radius 3 is 0.667 bits per heavy atom. The summed E-state index contributed by atoms with van der Waals surface area (Å²) in [5.41, 5.74) is 0. The molecule has 42 heavy (non-hydrogen) atoms. The lowest BCUT2D eigenvalue weighted by Crippen LogP contribution is -2.30. The molecule has 0 aliphatic rings. The molecule has 0 nitrogen and oxygen atoms in total. The lowest BCUT2D eigenvalue weighted by molar-refractivity contribution is 1.74. The van der Waals surface area contributed by atoms with Crippen LogP contribution in [0.5, 0.6) is 0 Å². The van der Waals surface area contributed by atoms with Crippen LogP contribution in [-0.2, 0) is 23.6 Å². The van der Waals surface area contributed by atoms with Crippen LogP contribution in [0.1, 0.15) is 0 Å². The maximum absolute atomic E-state index is 6.97. The van der Waals surface area contributed by atoms with Gasteiger partial charge in [0.1, 0.15) is 0 Å². The second-order valence-corrected chi connectivity index (χ2v) is 19.0. The average molecular weight is 611 g/mol. The maximum Gasteiger partial charge on any atom is 0.0391 e. The average Bonchev–Trinajstić information content (AvgIpc) is 3.08. The minimum atomic E-state index is -2.47. The molecule has 202 valence electrons. The third-order valence-electron chi connectivity index (χ3n) is 7.98. The van der Waals surface area contributed by atoms with Gasteiger partial charge >= 0.3 is 0 Å². The highest BCUT2D eigenvalue weighted by Crippen LogP contribution is 2.51. The fraction of sp³-hybridized carbons (Fsp3) is 0. The van der Waals surface area contributed by atoms with Crippen LogP contribution in [-0.4, -0.2) is 0 Å². The van der Waals surface area contributed by atoms with Crippen molar-refractivity contribution >= 4 is 89.1 Å². The van der Waals surface area contributed by atoms with Gasteiger partial charge < -0.3 is 0 Å². The summed E-state index contributed by atoms with van der Waals surface area (Å²) in [6.45, 7) is 0. The highest BCUT2D eigenvalue weighted by atomic mass is 32.4. The van der Waals surface area contributed by atoms with E-state index in [4.69, 9.17) is 23.6 Å². The van der Waals surface area contributed by atoms with Crippen LogP contribution in [0.3, 0.4) is 0 Å². The zero-order valence-electron chi connectivity index (χ0n) is 22.9. The van der Waals surface area contributed by atoms with Gasteiger partial charge in [0.15, 0.2) is 0 Å². The molecule has 0 amide bonds. The molecule has 0 heterocycles. The Labute approximate surface area is 257 Å². The predicted octanol–water partition coefficient (Wildman–Crippen LogP) is 7.50. The van der Waals surface area contributed by atoms with E-state index in [0.717, 1.165) is 0 Å². The number of rotatable bonds is 6. The molecule has 0 aliphatic carbocycles. The Morgan fingerprint density at radius 1 is 0.262 bits per heavy atom. The van der Waals surface area contributed by atoms with E-state index in [9.17, 15) is 0 Å². The van der Waals surface area contributed by atoms with E-state index in [1.807, 2.05) is 0 Å². The predicted molar refractivity (Wildman–Crippen MR) is 194 cm³/mol. The Hall–Kier alpha value is -3.64. The fourth-order valence-electron chi connectivity index (χ4n) is 6.13. The van der Waals surface area contributed by atoms with E-state index in [1.54, 1.807) is 0 Å². The quantitative estimate of drug-likeness (QED) is 0.141. The molecular weight excluding hydrogens is 583 g/mol. The van der Waals surface area contributed by atoms with Gasteiger partial charge in [-0.25, -0.2) is 0 Å². The van der Waals surface area contributed by atoms with Crippen molar-refractivity contribution in [3.05, 3.63) is 170 Å². The van der Waals surface area contributed by atoms with Crippen molar-refractivity contribution in [3.8, 4) is 0 Å². The van der Waals surface area contributed by atoms with E-state index < -0.39 is 12.1 Å². The van der Waals surface area contributed by atoms with E-state index >= 15 is 0 Å². The van der Waals surface area contributed by atoms with Gasteiger partial charge in [0.2, 0.25) is 0 Å². The number of hydrogen-bond donors (Lipinski definition) is 0. The van der Waals surface area contributed by atoms with Crippen molar-refractivity contribution in [2.75, 3.05) is 0 Å². The molecule has 0 aromatic heterocycles. The molecule has 7 aromatic carbocycles. The van der Waals surface area contributed by atoms with Crippen LogP contribution < -0.4 is 31.8 Å². The Morgan fingerprint density at radius 2 is 0.452 bits per heavy atom. The van der Waals surface area contributed by atoms with Crippen molar-refractivity contribution in [2.24, 2.45) is 0 Å². The van der Waals surface area contributed by atoms with Crippen molar-refractivity contribution in [1.29, 1.82) is 0 Å². The first-order chi connectivity index (χ1) is 20.6. The molecule has 0 unspecified atom stereocenters. The zero-order valence-corrected chi connectivity index (χ0v) is 26.3. The summed E-state index contributed by atoms with van der Waals surface area (Å²) in [5, 5.41) is 12.1. The minimum Gasteiger partial charge on any atom is -0.0826 e. The number of fused-ring (bicyclic) bond motifs is 2. The van der Waals surface area contributed by atoms with Gasteiger partial charge in [0.25, 0.3) is 0 Å². The van der Waals surface area contributed by atoms with Crippen LogP contribution in [0.4, 0.5) is 0 Å².